The van der Waals surface area contributed by atoms with Crippen molar-refractivity contribution in [1.29, 1.82) is 0 Å². The summed E-state index contributed by atoms with van der Waals surface area (Å²) in [6.45, 7) is 4.60. The Balaban J connectivity index is 1.29. The van der Waals surface area contributed by atoms with Gasteiger partial charge in [0, 0.05) is 11.9 Å². The Bertz CT molecular complexity index is 546. The summed E-state index contributed by atoms with van der Waals surface area (Å²) in [5.41, 5.74) is 2.74. The number of hydrogen-bond donors (Lipinski definition) is 0. The Labute approximate surface area is 187 Å². The van der Waals surface area contributed by atoms with Crippen LogP contribution in [0, 0.1) is 23.7 Å². The molecule has 1 nitrogen and oxygen atoms in total. The third kappa shape index (κ3) is 8.01. The van der Waals surface area contributed by atoms with Crippen LogP contribution in [-0.4, -0.2) is 4.98 Å². The average Bonchev–Trinajstić information content (AvgIpc) is 2.80. The normalized spacial score (nSPS) is 27.3. The molecule has 0 radical (unpaired) electrons. The minimum atomic E-state index is 0.956. The van der Waals surface area contributed by atoms with E-state index in [0.29, 0.717) is 0 Å². The molecule has 0 aliphatic heterocycles. The molecule has 2 fully saturated rings. The molecule has 3 rings (SSSR count). The molecule has 0 saturated heterocycles. The zero-order valence-electron chi connectivity index (χ0n) is 20.2. The van der Waals surface area contributed by atoms with Crippen LogP contribution in [-0.2, 0) is 12.8 Å². The zero-order chi connectivity index (χ0) is 21.0. The van der Waals surface area contributed by atoms with E-state index in [-0.39, 0.29) is 0 Å². The van der Waals surface area contributed by atoms with E-state index < -0.39 is 0 Å². The predicted octanol–water partition coefficient (Wildman–Crippen LogP) is 8.94. The molecule has 2 aliphatic rings. The van der Waals surface area contributed by atoms with Crippen LogP contribution < -0.4 is 0 Å². The summed E-state index contributed by atoms with van der Waals surface area (Å²) in [6.07, 6.45) is 27.8. The quantitative estimate of drug-likeness (QED) is 0.313. The Kier molecular flexibility index (Phi) is 10.7. The maximum atomic E-state index is 4.76. The van der Waals surface area contributed by atoms with E-state index in [1.54, 1.807) is 12.8 Å². The fraction of sp³-hybridized carbons (Fsp3) is 0.828. The first-order valence-electron chi connectivity index (χ1n) is 13.7. The first-order chi connectivity index (χ1) is 14.8. The summed E-state index contributed by atoms with van der Waals surface area (Å²) >= 11 is 0. The van der Waals surface area contributed by atoms with Gasteiger partial charge in [-0.1, -0.05) is 84.1 Å². The summed E-state index contributed by atoms with van der Waals surface area (Å²) in [5, 5.41) is 0. The van der Waals surface area contributed by atoms with Gasteiger partial charge in [-0.3, -0.25) is 4.98 Å². The summed E-state index contributed by atoms with van der Waals surface area (Å²) in [6, 6.07) is 4.62. The number of rotatable bonds is 12. The highest BCUT2D eigenvalue weighted by atomic mass is 14.7. The second kappa shape index (κ2) is 13.5. The Morgan fingerprint density at radius 2 is 1.27 bits per heavy atom. The van der Waals surface area contributed by atoms with Crippen molar-refractivity contribution in [1.82, 2.24) is 4.98 Å². The van der Waals surface area contributed by atoms with Crippen molar-refractivity contribution >= 4 is 0 Å². The fourth-order valence-corrected chi connectivity index (χ4v) is 6.26. The highest BCUT2D eigenvalue weighted by molar-refractivity contribution is 5.14. The molecule has 30 heavy (non-hydrogen) atoms. The lowest BCUT2D eigenvalue weighted by Gasteiger charge is -2.38. The van der Waals surface area contributed by atoms with Crippen molar-refractivity contribution < 1.29 is 0 Å². The summed E-state index contributed by atoms with van der Waals surface area (Å²) in [5.74, 6) is 4.14. The lowest BCUT2D eigenvalue weighted by molar-refractivity contribution is 0.140. The molecule has 1 aromatic heterocycles. The number of unbranched alkanes of at least 4 members (excludes halogenated alkanes) is 4. The summed E-state index contributed by atoms with van der Waals surface area (Å²) in [7, 11) is 0. The Morgan fingerprint density at radius 3 is 1.83 bits per heavy atom. The van der Waals surface area contributed by atoms with Gasteiger partial charge in [-0.15, -0.1) is 0 Å². The molecule has 0 amide bonds. The minimum Gasteiger partial charge on any atom is -0.261 e. The third-order valence-corrected chi connectivity index (χ3v) is 8.43. The topological polar surface area (TPSA) is 12.9 Å². The van der Waals surface area contributed by atoms with E-state index in [1.165, 1.54) is 114 Å². The second-order valence-electron chi connectivity index (χ2n) is 10.7. The summed E-state index contributed by atoms with van der Waals surface area (Å²) in [4.78, 5) is 4.76. The van der Waals surface area contributed by atoms with Gasteiger partial charge in [-0.25, -0.2) is 0 Å². The number of hydrogen-bond acceptors (Lipinski definition) is 1. The molecule has 1 heteroatoms. The Hall–Kier alpha value is -0.850. The zero-order valence-corrected chi connectivity index (χ0v) is 20.2. The van der Waals surface area contributed by atoms with Gasteiger partial charge in [0.1, 0.15) is 0 Å². The first kappa shape index (κ1) is 23.8. The van der Waals surface area contributed by atoms with Gasteiger partial charge < -0.3 is 0 Å². The van der Waals surface area contributed by atoms with Gasteiger partial charge in [-0.2, -0.15) is 0 Å². The van der Waals surface area contributed by atoms with E-state index >= 15 is 0 Å². The van der Waals surface area contributed by atoms with E-state index in [0.717, 1.165) is 23.7 Å². The fourth-order valence-electron chi connectivity index (χ4n) is 6.26. The highest BCUT2D eigenvalue weighted by Gasteiger charge is 2.30. The molecule has 1 heterocycles. The number of aryl methyl sites for hydroxylation is 2. The SMILES string of the molecule is CCCCCc1ccc(CCC2CCC(C3CCC(CCCCC)CC3)CC2)nc1. The van der Waals surface area contributed by atoms with E-state index in [2.05, 4.69) is 32.2 Å². The predicted molar refractivity (Wildman–Crippen MR) is 131 cm³/mol. The van der Waals surface area contributed by atoms with Gasteiger partial charge in [0.05, 0.1) is 0 Å². The minimum absolute atomic E-state index is 0.956. The average molecular weight is 412 g/mol. The van der Waals surface area contributed by atoms with Crippen LogP contribution >= 0.6 is 0 Å². The van der Waals surface area contributed by atoms with Crippen molar-refractivity contribution in [3.63, 3.8) is 0 Å². The molecule has 0 unspecified atom stereocenters. The molecule has 0 N–H and O–H groups in total. The molecule has 0 aromatic carbocycles. The highest BCUT2D eigenvalue weighted by Crippen LogP contribution is 2.43. The van der Waals surface area contributed by atoms with Crippen LogP contribution in [0.5, 0.6) is 0 Å². The van der Waals surface area contributed by atoms with Crippen molar-refractivity contribution in [2.24, 2.45) is 23.7 Å². The molecule has 0 atom stereocenters. The lowest BCUT2D eigenvalue weighted by atomic mass is 9.68. The standard InChI is InChI=1S/C29H49N/c1-3-5-7-9-24-11-17-27(18-12-24)28-19-13-25(14-20-28)15-21-29-22-16-26(23-30-29)10-8-6-4-2/h16,22-25,27-28H,3-15,17-21H2,1-2H3. The summed E-state index contributed by atoms with van der Waals surface area (Å²) < 4.78 is 0. The molecule has 1 aromatic rings. The van der Waals surface area contributed by atoms with Crippen LogP contribution in [0.15, 0.2) is 18.3 Å². The monoisotopic (exact) mass is 411 g/mol. The maximum Gasteiger partial charge on any atom is 0.0403 e. The molecule has 0 bridgehead atoms. The second-order valence-corrected chi connectivity index (χ2v) is 10.7. The molecule has 2 saturated carbocycles. The van der Waals surface area contributed by atoms with Gasteiger partial charge >= 0.3 is 0 Å². The molecule has 170 valence electrons. The van der Waals surface area contributed by atoms with Gasteiger partial charge in [0.25, 0.3) is 0 Å². The number of pyridine rings is 1. The third-order valence-electron chi connectivity index (χ3n) is 8.43. The molecule has 2 aliphatic carbocycles. The van der Waals surface area contributed by atoms with Crippen LogP contribution in [0.3, 0.4) is 0 Å². The largest absolute Gasteiger partial charge is 0.261 e. The molecule has 0 spiro atoms. The van der Waals surface area contributed by atoms with Gasteiger partial charge in [-0.05, 0) is 86.7 Å². The van der Waals surface area contributed by atoms with E-state index in [1.807, 2.05) is 0 Å². The van der Waals surface area contributed by atoms with E-state index in [4.69, 9.17) is 4.98 Å². The number of nitrogens with zero attached hydrogens (tertiary/aromatic N) is 1. The van der Waals surface area contributed by atoms with Crippen molar-refractivity contribution in [3.05, 3.63) is 29.6 Å². The molecular weight excluding hydrogens is 362 g/mol. The van der Waals surface area contributed by atoms with Crippen molar-refractivity contribution in [2.45, 2.75) is 129 Å². The van der Waals surface area contributed by atoms with Crippen LogP contribution in [0.1, 0.15) is 128 Å². The van der Waals surface area contributed by atoms with Crippen LogP contribution in [0.25, 0.3) is 0 Å². The Morgan fingerprint density at radius 1 is 0.667 bits per heavy atom. The van der Waals surface area contributed by atoms with E-state index in [9.17, 15) is 0 Å². The van der Waals surface area contributed by atoms with Crippen molar-refractivity contribution in [3.8, 4) is 0 Å². The van der Waals surface area contributed by atoms with Gasteiger partial charge in [0.15, 0.2) is 0 Å². The smallest absolute Gasteiger partial charge is 0.0403 e. The number of aromatic nitrogens is 1. The lowest BCUT2D eigenvalue weighted by Crippen LogP contribution is -2.26. The van der Waals surface area contributed by atoms with Crippen molar-refractivity contribution in [2.75, 3.05) is 0 Å². The van der Waals surface area contributed by atoms with Crippen LogP contribution in [0.4, 0.5) is 0 Å². The molecular formula is C29H49N. The maximum absolute atomic E-state index is 4.76. The van der Waals surface area contributed by atoms with Crippen LogP contribution in [0.2, 0.25) is 0 Å². The van der Waals surface area contributed by atoms with Gasteiger partial charge in [0.2, 0.25) is 0 Å². The first-order valence-corrected chi connectivity index (χ1v) is 13.7.